The van der Waals surface area contributed by atoms with E-state index in [-0.39, 0.29) is 0 Å². The standard InChI is InChI=1S/C12H19N3O/c1-16-12-5-4-10(8-14-12)7-11(15-13)6-9-2-3-9/h4-5,8-9,11,15H,2-3,6-7,13H2,1H3. The minimum Gasteiger partial charge on any atom is -0.481 e. The summed E-state index contributed by atoms with van der Waals surface area (Å²) >= 11 is 0. The molecule has 1 saturated carbocycles. The fraction of sp³-hybridized carbons (Fsp3) is 0.583. The van der Waals surface area contributed by atoms with Gasteiger partial charge in [-0.2, -0.15) is 0 Å². The van der Waals surface area contributed by atoms with Crippen LogP contribution in [0.15, 0.2) is 18.3 Å². The zero-order chi connectivity index (χ0) is 11.4. The first-order valence-electron chi connectivity index (χ1n) is 5.77. The van der Waals surface area contributed by atoms with Crippen LogP contribution in [-0.2, 0) is 6.42 Å². The maximum Gasteiger partial charge on any atom is 0.212 e. The molecule has 0 amide bonds. The van der Waals surface area contributed by atoms with Crippen LogP contribution in [0.25, 0.3) is 0 Å². The summed E-state index contributed by atoms with van der Waals surface area (Å²) in [6.07, 6.45) is 6.68. The first kappa shape index (κ1) is 11.4. The third kappa shape index (κ3) is 3.18. The van der Waals surface area contributed by atoms with Crippen LogP contribution in [0.5, 0.6) is 5.88 Å². The zero-order valence-electron chi connectivity index (χ0n) is 9.65. The largest absolute Gasteiger partial charge is 0.481 e. The van der Waals surface area contributed by atoms with Gasteiger partial charge in [0.05, 0.1) is 7.11 Å². The quantitative estimate of drug-likeness (QED) is 0.561. The van der Waals surface area contributed by atoms with E-state index in [1.165, 1.54) is 24.8 Å². The summed E-state index contributed by atoms with van der Waals surface area (Å²) in [6.45, 7) is 0. The Morgan fingerprint density at radius 2 is 2.38 bits per heavy atom. The Hall–Kier alpha value is -1.13. The number of pyridine rings is 1. The highest BCUT2D eigenvalue weighted by atomic mass is 16.5. The molecule has 0 aliphatic heterocycles. The van der Waals surface area contributed by atoms with Crippen molar-refractivity contribution in [2.45, 2.75) is 31.7 Å². The molecule has 1 aromatic heterocycles. The molecule has 0 radical (unpaired) electrons. The third-order valence-electron chi connectivity index (χ3n) is 3.04. The molecule has 1 unspecified atom stereocenters. The van der Waals surface area contributed by atoms with E-state index in [1.54, 1.807) is 7.11 Å². The first-order valence-corrected chi connectivity index (χ1v) is 5.77. The number of nitrogens with two attached hydrogens (primary N) is 1. The highest BCUT2D eigenvalue weighted by Gasteiger charge is 2.25. The van der Waals surface area contributed by atoms with Gasteiger partial charge in [-0.1, -0.05) is 18.9 Å². The Kier molecular flexibility index (Phi) is 3.74. The minimum atomic E-state index is 0.364. The van der Waals surface area contributed by atoms with Gasteiger partial charge in [0, 0.05) is 18.3 Å². The van der Waals surface area contributed by atoms with Gasteiger partial charge < -0.3 is 4.74 Å². The molecule has 1 aliphatic carbocycles. The van der Waals surface area contributed by atoms with Gasteiger partial charge in [0.2, 0.25) is 5.88 Å². The van der Waals surface area contributed by atoms with E-state index in [0.717, 1.165) is 12.3 Å². The highest BCUT2D eigenvalue weighted by molar-refractivity contribution is 5.18. The molecule has 16 heavy (non-hydrogen) atoms. The van der Waals surface area contributed by atoms with E-state index in [0.29, 0.717) is 11.9 Å². The molecule has 1 aliphatic rings. The molecule has 1 atom stereocenters. The van der Waals surface area contributed by atoms with E-state index >= 15 is 0 Å². The summed E-state index contributed by atoms with van der Waals surface area (Å²) in [6, 6.07) is 4.30. The predicted octanol–water partition coefficient (Wildman–Crippen LogP) is 1.26. The minimum absolute atomic E-state index is 0.364. The van der Waals surface area contributed by atoms with Gasteiger partial charge in [0.1, 0.15) is 0 Å². The monoisotopic (exact) mass is 221 g/mol. The topological polar surface area (TPSA) is 60.2 Å². The molecule has 2 rings (SSSR count). The van der Waals surface area contributed by atoms with Crippen molar-refractivity contribution in [2.24, 2.45) is 11.8 Å². The molecule has 0 saturated heterocycles. The van der Waals surface area contributed by atoms with Gasteiger partial charge in [0.15, 0.2) is 0 Å². The van der Waals surface area contributed by atoms with Crippen LogP contribution < -0.4 is 16.0 Å². The van der Waals surface area contributed by atoms with Crippen molar-refractivity contribution < 1.29 is 4.74 Å². The predicted molar refractivity (Wildman–Crippen MR) is 62.9 cm³/mol. The maximum absolute atomic E-state index is 5.56. The molecule has 0 bridgehead atoms. The second kappa shape index (κ2) is 5.27. The smallest absolute Gasteiger partial charge is 0.212 e. The van der Waals surface area contributed by atoms with Gasteiger partial charge in [0.25, 0.3) is 0 Å². The summed E-state index contributed by atoms with van der Waals surface area (Å²) < 4.78 is 5.02. The Morgan fingerprint density at radius 1 is 1.56 bits per heavy atom. The average Bonchev–Trinajstić information content (AvgIpc) is 3.13. The summed E-state index contributed by atoms with van der Waals surface area (Å²) in [7, 11) is 1.62. The molecular weight excluding hydrogens is 202 g/mol. The van der Waals surface area contributed by atoms with Crippen molar-refractivity contribution in [1.82, 2.24) is 10.4 Å². The SMILES string of the molecule is COc1ccc(CC(CC2CC2)NN)cn1. The van der Waals surface area contributed by atoms with Crippen molar-refractivity contribution in [3.63, 3.8) is 0 Å². The van der Waals surface area contributed by atoms with Crippen LogP contribution in [0.1, 0.15) is 24.8 Å². The van der Waals surface area contributed by atoms with Crippen molar-refractivity contribution >= 4 is 0 Å². The number of nitrogens with zero attached hydrogens (tertiary/aromatic N) is 1. The van der Waals surface area contributed by atoms with Crippen molar-refractivity contribution in [3.8, 4) is 5.88 Å². The lowest BCUT2D eigenvalue weighted by molar-refractivity contribution is 0.397. The lowest BCUT2D eigenvalue weighted by Gasteiger charge is -2.15. The van der Waals surface area contributed by atoms with Crippen molar-refractivity contribution in [3.05, 3.63) is 23.9 Å². The molecule has 0 aromatic carbocycles. The summed E-state index contributed by atoms with van der Waals surface area (Å²) in [5.41, 5.74) is 4.09. The molecule has 0 spiro atoms. The van der Waals surface area contributed by atoms with Crippen LogP contribution >= 0.6 is 0 Å². The van der Waals surface area contributed by atoms with Gasteiger partial charge >= 0.3 is 0 Å². The maximum atomic E-state index is 5.56. The van der Waals surface area contributed by atoms with Gasteiger partial charge in [-0.25, -0.2) is 4.98 Å². The van der Waals surface area contributed by atoms with E-state index in [9.17, 15) is 0 Å². The van der Waals surface area contributed by atoms with Crippen LogP contribution in [0.4, 0.5) is 0 Å². The number of hydrogen-bond donors (Lipinski definition) is 2. The lowest BCUT2D eigenvalue weighted by Crippen LogP contribution is -2.37. The summed E-state index contributed by atoms with van der Waals surface area (Å²) in [5.74, 6) is 7.10. The number of aromatic nitrogens is 1. The third-order valence-corrected chi connectivity index (χ3v) is 3.04. The molecule has 4 nitrogen and oxygen atoms in total. The molecule has 88 valence electrons. The average molecular weight is 221 g/mol. The van der Waals surface area contributed by atoms with E-state index in [2.05, 4.69) is 10.4 Å². The summed E-state index contributed by atoms with van der Waals surface area (Å²) in [5, 5.41) is 0. The van der Waals surface area contributed by atoms with E-state index < -0.39 is 0 Å². The number of ether oxygens (including phenoxy) is 1. The summed E-state index contributed by atoms with van der Waals surface area (Å²) in [4.78, 5) is 4.19. The Bertz CT molecular complexity index is 322. The first-order chi connectivity index (χ1) is 7.81. The Morgan fingerprint density at radius 3 is 2.88 bits per heavy atom. The lowest BCUT2D eigenvalue weighted by atomic mass is 10.0. The second-order valence-electron chi connectivity index (χ2n) is 4.46. The molecule has 4 heteroatoms. The van der Waals surface area contributed by atoms with Crippen molar-refractivity contribution in [1.29, 1.82) is 0 Å². The molecule has 1 aromatic rings. The van der Waals surface area contributed by atoms with Crippen LogP contribution in [0, 0.1) is 5.92 Å². The number of methoxy groups -OCH3 is 1. The Labute approximate surface area is 96.2 Å². The molecule has 3 N–H and O–H groups in total. The van der Waals surface area contributed by atoms with E-state index in [4.69, 9.17) is 10.6 Å². The number of rotatable bonds is 6. The van der Waals surface area contributed by atoms with Gasteiger partial charge in [-0.05, 0) is 24.3 Å². The second-order valence-corrected chi connectivity index (χ2v) is 4.46. The number of hydrazine groups is 1. The van der Waals surface area contributed by atoms with Crippen LogP contribution in [-0.4, -0.2) is 18.1 Å². The van der Waals surface area contributed by atoms with Gasteiger partial charge in [-0.15, -0.1) is 0 Å². The number of nitrogens with one attached hydrogen (secondary N) is 1. The van der Waals surface area contributed by atoms with Crippen LogP contribution in [0.3, 0.4) is 0 Å². The van der Waals surface area contributed by atoms with E-state index in [1.807, 2.05) is 18.3 Å². The molecular formula is C12H19N3O. The molecule has 1 heterocycles. The zero-order valence-corrected chi connectivity index (χ0v) is 9.65. The highest BCUT2D eigenvalue weighted by Crippen LogP contribution is 2.33. The van der Waals surface area contributed by atoms with Crippen LogP contribution in [0.2, 0.25) is 0 Å². The Balaban J connectivity index is 1.89. The van der Waals surface area contributed by atoms with Gasteiger partial charge in [-0.3, -0.25) is 11.3 Å². The fourth-order valence-electron chi connectivity index (χ4n) is 1.90. The fourth-order valence-corrected chi connectivity index (χ4v) is 1.90. The van der Waals surface area contributed by atoms with Crippen molar-refractivity contribution in [2.75, 3.05) is 7.11 Å². The molecule has 1 fully saturated rings. The number of hydrogen-bond acceptors (Lipinski definition) is 4. The normalized spacial score (nSPS) is 17.1.